The van der Waals surface area contributed by atoms with Crippen molar-refractivity contribution < 1.29 is 22.7 Å². The number of hydrogen-bond donors (Lipinski definition) is 1. The third-order valence-electron chi connectivity index (χ3n) is 4.39. The van der Waals surface area contributed by atoms with Crippen molar-refractivity contribution in [2.45, 2.75) is 6.92 Å². The van der Waals surface area contributed by atoms with Crippen molar-refractivity contribution in [3.05, 3.63) is 84.4 Å². The fourth-order valence-electron chi connectivity index (χ4n) is 2.87. The molecule has 3 rings (SSSR count). The van der Waals surface area contributed by atoms with Crippen molar-refractivity contribution >= 4 is 27.8 Å². The van der Waals surface area contributed by atoms with E-state index in [4.69, 9.17) is 9.47 Å². The minimum Gasteiger partial charge on any atom is -0.494 e. The molecule has 0 atom stereocenters. The monoisotopic (exact) mass is 467 g/mol. The average molecular weight is 468 g/mol. The first-order valence-electron chi connectivity index (χ1n) is 10.2. The minimum absolute atomic E-state index is 0.337. The van der Waals surface area contributed by atoms with Gasteiger partial charge in [0.05, 0.1) is 24.8 Å². The van der Waals surface area contributed by atoms with Gasteiger partial charge in [0.1, 0.15) is 23.8 Å². The van der Waals surface area contributed by atoms with E-state index in [9.17, 15) is 13.2 Å². The summed E-state index contributed by atoms with van der Waals surface area (Å²) in [5.74, 6) is 1.37. The van der Waals surface area contributed by atoms with Crippen LogP contribution in [0.15, 0.2) is 84.0 Å². The van der Waals surface area contributed by atoms with Gasteiger partial charge < -0.3 is 9.47 Å². The number of benzene rings is 3. The van der Waals surface area contributed by atoms with Gasteiger partial charge in [-0.15, -0.1) is 0 Å². The number of hydrogen-bond acceptors (Lipinski definition) is 6. The highest BCUT2D eigenvalue weighted by Gasteiger charge is 2.20. The van der Waals surface area contributed by atoms with Crippen LogP contribution in [0.4, 0.5) is 5.69 Å². The zero-order valence-corrected chi connectivity index (χ0v) is 19.2. The predicted molar refractivity (Wildman–Crippen MR) is 128 cm³/mol. The summed E-state index contributed by atoms with van der Waals surface area (Å²) in [4.78, 5) is 12.3. The summed E-state index contributed by atoms with van der Waals surface area (Å²) in [5.41, 5.74) is 3.45. The highest BCUT2D eigenvalue weighted by atomic mass is 32.2. The second-order valence-corrected chi connectivity index (χ2v) is 8.88. The molecule has 0 radical (unpaired) electrons. The number of carbonyl (C=O) groups excluding carboxylic acids is 1. The Hall–Kier alpha value is -3.85. The van der Waals surface area contributed by atoms with Gasteiger partial charge in [0.2, 0.25) is 10.0 Å². The summed E-state index contributed by atoms with van der Waals surface area (Å²) in [5, 5.41) is 3.90. The van der Waals surface area contributed by atoms with E-state index in [1.54, 1.807) is 48.5 Å². The lowest BCUT2D eigenvalue weighted by molar-refractivity contribution is -0.119. The summed E-state index contributed by atoms with van der Waals surface area (Å²) < 4.78 is 36.7. The number of para-hydroxylation sites is 1. The van der Waals surface area contributed by atoms with E-state index in [-0.39, 0.29) is 0 Å². The zero-order valence-electron chi connectivity index (χ0n) is 18.3. The number of nitrogens with one attached hydrogen (secondary N) is 1. The number of sulfonamides is 1. The Morgan fingerprint density at radius 1 is 0.939 bits per heavy atom. The fourth-order valence-corrected chi connectivity index (χ4v) is 3.72. The van der Waals surface area contributed by atoms with E-state index in [0.717, 1.165) is 21.9 Å². The third kappa shape index (κ3) is 7.36. The van der Waals surface area contributed by atoms with Crippen molar-refractivity contribution in [3.8, 4) is 17.2 Å². The molecule has 0 saturated heterocycles. The molecule has 0 aliphatic rings. The molecule has 0 unspecified atom stereocenters. The Labute approximate surface area is 193 Å². The molecule has 3 aromatic carbocycles. The standard InChI is InChI=1S/C24H25N3O5S/c1-3-31-21-13-9-19(10-14-21)17-25-26-24(28)18-27(33(2,29)30)20-11-15-23(16-12-20)32-22-7-5-4-6-8-22/h4-17H,3,18H2,1-2H3,(H,26,28)/b25-17+. The van der Waals surface area contributed by atoms with E-state index in [0.29, 0.717) is 23.8 Å². The first-order chi connectivity index (χ1) is 15.8. The van der Waals surface area contributed by atoms with Crippen molar-refractivity contribution in [1.29, 1.82) is 0 Å². The molecule has 1 N–H and O–H groups in total. The lowest BCUT2D eigenvalue weighted by Gasteiger charge is -2.21. The van der Waals surface area contributed by atoms with Crippen LogP contribution in [0.1, 0.15) is 12.5 Å². The van der Waals surface area contributed by atoms with Crippen LogP contribution in [-0.4, -0.2) is 39.9 Å². The second kappa shape index (κ2) is 11.1. The van der Waals surface area contributed by atoms with Gasteiger partial charge in [-0.1, -0.05) is 18.2 Å². The summed E-state index contributed by atoms with van der Waals surface area (Å²) in [6.45, 7) is 2.05. The largest absolute Gasteiger partial charge is 0.494 e. The zero-order chi connectivity index (χ0) is 23.7. The smallest absolute Gasteiger partial charge is 0.260 e. The van der Waals surface area contributed by atoms with Crippen LogP contribution < -0.4 is 19.2 Å². The molecular formula is C24H25N3O5S. The molecule has 0 spiro atoms. The Morgan fingerprint density at radius 2 is 1.55 bits per heavy atom. The van der Waals surface area contributed by atoms with Gasteiger partial charge in [-0.2, -0.15) is 5.10 Å². The number of amides is 1. The van der Waals surface area contributed by atoms with Crippen molar-refractivity contribution in [2.24, 2.45) is 5.10 Å². The number of rotatable bonds is 10. The number of carbonyl (C=O) groups is 1. The Morgan fingerprint density at radius 3 is 2.15 bits per heavy atom. The molecular weight excluding hydrogens is 442 g/mol. The molecule has 3 aromatic rings. The molecule has 0 aromatic heterocycles. The minimum atomic E-state index is -3.71. The van der Waals surface area contributed by atoms with Crippen LogP contribution in [0.5, 0.6) is 17.2 Å². The Balaban J connectivity index is 1.62. The maximum Gasteiger partial charge on any atom is 0.260 e. The maximum atomic E-state index is 12.3. The molecule has 0 fully saturated rings. The Kier molecular flexibility index (Phi) is 8.04. The van der Waals surface area contributed by atoms with E-state index in [2.05, 4.69) is 10.5 Å². The lowest BCUT2D eigenvalue weighted by atomic mass is 10.2. The summed E-state index contributed by atoms with van der Waals surface area (Å²) in [7, 11) is -3.71. The highest BCUT2D eigenvalue weighted by molar-refractivity contribution is 7.92. The Bertz CT molecular complexity index is 1180. The molecule has 0 heterocycles. The number of anilines is 1. The molecule has 0 saturated carbocycles. The molecule has 1 amide bonds. The van der Waals surface area contributed by atoms with Crippen molar-refractivity contribution in [1.82, 2.24) is 5.43 Å². The number of nitrogens with zero attached hydrogens (tertiary/aromatic N) is 2. The number of hydrazone groups is 1. The van der Waals surface area contributed by atoms with Crippen molar-refractivity contribution in [3.63, 3.8) is 0 Å². The van der Waals surface area contributed by atoms with Crippen LogP contribution >= 0.6 is 0 Å². The predicted octanol–water partition coefficient (Wildman–Crippen LogP) is 3.79. The quantitative estimate of drug-likeness (QED) is 0.361. The van der Waals surface area contributed by atoms with E-state index in [1.165, 1.54) is 6.21 Å². The molecule has 0 bridgehead atoms. The highest BCUT2D eigenvalue weighted by Crippen LogP contribution is 2.25. The van der Waals surface area contributed by atoms with Crippen LogP contribution in [0, 0.1) is 0 Å². The van der Waals surface area contributed by atoms with Crippen molar-refractivity contribution in [2.75, 3.05) is 23.7 Å². The van der Waals surface area contributed by atoms with Gasteiger partial charge >= 0.3 is 0 Å². The first-order valence-corrected chi connectivity index (χ1v) is 12.1. The van der Waals surface area contributed by atoms with Gasteiger partial charge in [0, 0.05) is 0 Å². The molecule has 0 aliphatic heterocycles. The van der Waals surface area contributed by atoms with Gasteiger partial charge in [0.15, 0.2) is 0 Å². The molecule has 8 nitrogen and oxygen atoms in total. The molecule has 9 heteroatoms. The van der Waals surface area contributed by atoms with E-state index >= 15 is 0 Å². The van der Waals surface area contributed by atoms with Crippen LogP contribution in [0.3, 0.4) is 0 Å². The van der Waals surface area contributed by atoms with Gasteiger partial charge in [0.25, 0.3) is 5.91 Å². The lowest BCUT2D eigenvalue weighted by Crippen LogP contribution is -2.38. The van der Waals surface area contributed by atoms with E-state index in [1.807, 2.05) is 37.3 Å². The summed E-state index contributed by atoms with van der Waals surface area (Å²) in [6, 6.07) is 22.8. The summed E-state index contributed by atoms with van der Waals surface area (Å²) in [6.07, 6.45) is 2.51. The first kappa shape index (κ1) is 23.8. The van der Waals surface area contributed by atoms with Gasteiger partial charge in [-0.3, -0.25) is 9.10 Å². The topological polar surface area (TPSA) is 97.3 Å². The summed E-state index contributed by atoms with van der Waals surface area (Å²) >= 11 is 0. The van der Waals surface area contributed by atoms with Gasteiger partial charge in [-0.25, -0.2) is 13.8 Å². The van der Waals surface area contributed by atoms with Crippen LogP contribution in [0.25, 0.3) is 0 Å². The van der Waals surface area contributed by atoms with E-state index < -0.39 is 22.5 Å². The van der Waals surface area contributed by atoms with Gasteiger partial charge in [-0.05, 0) is 73.2 Å². The normalized spacial score (nSPS) is 11.2. The maximum absolute atomic E-state index is 12.3. The fraction of sp³-hybridized carbons (Fsp3) is 0.167. The SMILES string of the molecule is CCOc1ccc(/C=N/NC(=O)CN(c2ccc(Oc3ccccc3)cc2)S(C)(=O)=O)cc1. The molecule has 0 aliphatic carbocycles. The third-order valence-corrected chi connectivity index (χ3v) is 5.53. The second-order valence-electron chi connectivity index (χ2n) is 6.97. The van der Waals surface area contributed by atoms with Crippen LogP contribution in [-0.2, 0) is 14.8 Å². The average Bonchev–Trinajstić information content (AvgIpc) is 2.79. The molecule has 172 valence electrons. The van der Waals surface area contributed by atoms with Crippen LogP contribution in [0.2, 0.25) is 0 Å². The number of ether oxygens (including phenoxy) is 2. The molecule has 33 heavy (non-hydrogen) atoms.